The van der Waals surface area contributed by atoms with Gasteiger partial charge in [0.05, 0.1) is 16.6 Å². The van der Waals surface area contributed by atoms with Crippen molar-refractivity contribution in [2.75, 3.05) is 5.43 Å². The fraction of sp³-hybridized carbons (Fsp3) is 0.182. The molecule has 0 spiro atoms. The number of nitrogens with one attached hydrogen (secondary N) is 2. The second kappa shape index (κ2) is 7.82. The fourth-order valence-corrected chi connectivity index (χ4v) is 3.39. The number of fused-ring (bicyclic) bond motifs is 2. The lowest BCUT2D eigenvalue weighted by molar-refractivity contribution is 0.100. The molecular formula is C22H20N4O4. The lowest BCUT2D eigenvalue weighted by atomic mass is 10.1. The molecule has 0 radical (unpaired) electrons. The number of para-hydroxylation sites is 3. The number of carbonyl (C=O) groups is 1. The van der Waals surface area contributed by atoms with Gasteiger partial charge in [0.1, 0.15) is 17.0 Å². The largest absolute Gasteiger partial charge is 0.506 e. The van der Waals surface area contributed by atoms with Gasteiger partial charge in [-0.25, -0.2) is 9.66 Å². The quantitative estimate of drug-likeness (QED) is 0.473. The Morgan fingerprint density at radius 2 is 1.87 bits per heavy atom. The Balaban J connectivity index is 1.84. The minimum absolute atomic E-state index is 0.326. The van der Waals surface area contributed by atoms with E-state index < -0.39 is 28.3 Å². The van der Waals surface area contributed by atoms with E-state index in [9.17, 15) is 19.5 Å². The molecule has 4 rings (SSSR count). The first-order chi connectivity index (χ1) is 14.5. The van der Waals surface area contributed by atoms with Gasteiger partial charge in [0.15, 0.2) is 0 Å². The molecule has 2 aromatic heterocycles. The molecule has 8 nitrogen and oxygen atoms in total. The van der Waals surface area contributed by atoms with Crippen LogP contribution in [0, 0.1) is 0 Å². The normalized spacial score (nSPS) is 11.1. The number of aromatic hydroxyl groups is 1. The predicted octanol–water partition coefficient (Wildman–Crippen LogP) is 2.67. The lowest BCUT2D eigenvalue weighted by Gasteiger charge is -2.14. The number of amides is 1. The smallest absolute Gasteiger partial charge is 0.291 e. The van der Waals surface area contributed by atoms with Crippen molar-refractivity contribution in [1.82, 2.24) is 14.6 Å². The van der Waals surface area contributed by atoms with Crippen molar-refractivity contribution in [3.05, 3.63) is 80.5 Å². The number of unbranched alkanes of at least 4 members (excludes halogenated alkanes) is 1. The summed E-state index contributed by atoms with van der Waals surface area (Å²) < 4.78 is 1.09. The molecule has 2 heterocycles. The predicted molar refractivity (Wildman–Crippen MR) is 115 cm³/mol. The molecular weight excluding hydrogens is 384 g/mol. The van der Waals surface area contributed by atoms with Crippen LogP contribution >= 0.6 is 0 Å². The molecule has 0 bridgehead atoms. The molecule has 0 aliphatic carbocycles. The van der Waals surface area contributed by atoms with Gasteiger partial charge >= 0.3 is 0 Å². The highest BCUT2D eigenvalue weighted by Crippen LogP contribution is 2.24. The highest BCUT2D eigenvalue weighted by molar-refractivity contribution is 6.06. The summed E-state index contributed by atoms with van der Waals surface area (Å²) in [6.07, 6.45) is 2.14. The van der Waals surface area contributed by atoms with E-state index in [1.165, 1.54) is 0 Å². The molecule has 0 atom stereocenters. The van der Waals surface area contributed by atoms with Crippen LogP contribution in [0.5, 0.6) is 5.75 Å². The number of hydrogen-bond donors (Lipinski definition) is 3. The van der Waals surface area contributed by atoms with Gasteiger partial charge in [-0.15, -0.1) is 0 Å². The fourth-order valence-electron chi connectivity index (χ4n) is 3.39. The van der Waals surface area contributed by atoms with E-state index in [2.05, 4.69) is 15.4 Å². The first kappa shape index (κ1) is 19.4. The third-order valence-corrected chi connectivity index (χ3v) is 4.93. The van der Waals surface area contributed by atoms with Gasteiger partial charge in [0.25, 0.3) is 17.0 Å². The number of aryl methyl sites for hydroxylation is 1. The van der Waals surface area contributed by atoms with Crippen molar-refractivity contribution in [1.29, 1.82) is 0 Å². The van der Waals surface area contributed by atoms with Crippen LogP contribution in [0.2, 0.25) is 0 Å². The monoisotopic (exact) mass is 404 g/mol. The summed E-state index contributed by atoms with van der Waals surface area (Å²) in [5.41, 5.74) is 2.47. The lowest BCUT2D eigenvalue weighted by Crippen LogP contribution is -2.37. The van der Waals surface area contributed by atoms with Crippen LogP contribution in [0.4, 0.5) is 0 Å². The van der Waals surface area contributed by atoms with Crippen LogP contribution in [0.15, 0.2) is 58.1 Å². The van der Waals surface area contributed by atoms with E-state index in [1.54, 1.807) is 48.5 Å². The van der Waals surface area contributed by atoms with Gasteiger partial charge in [-0.3, -0.25) is 19.8 Å². The van der Waals surface area contributed by atoms with Crippen molar-refractivity contribution >= 4 is 27.8 Å². The van der Waals surface area contributed by atoms with E-state index in [0.717, 1.165) is 17.5 Å². The van der Waals surface area contributed by atoms with E-state index in [-0.39, 0.29) is 0 Å². The van der Waals surface area contributed by atoms with Gasteiger partial charge in [0.2, 0.25) is 0 Å². The second-order valence-corrected chi connectivity index (χ2v) is 6.96. The van der Waals surface area contributed by atoms with Crippen LogP contribution in [0.25, 0.3) is 21.9 Å². The maximum atomic E-state index is 13.0. The van der Waals surface area contributed by atoms with Crippen LogP contribution in [-0.2, 0) is 6.42 Å². The van der Waals surface area contributed by atoms with Crippen molar-refractivity contribution in [3.8, 4) is 5.75 Å². The molecule has 0 saturated heterocycles. The van der Waals surface area contributed by atoms with Gasteiger partial charge in [-0.05, 0) is 37.1 Å². The summed E-state index contributed by atoms with van der Waals surface area (Å²) in [7, 11) is 0. The summed E-state index contributed by atoms with van der Waals surface area (Å²) in [5, 5.41) is 10.9. The van der Waals surface area contributed by atoms with Crippen molar-refractivity contribution in [2.45, 2.75) is 26.2 Å². The number of pyridine rings is 1. The Labute approximate surface area is 170 Å². The molecule has 2 aromatic carbocycles. The van der Waals surface area contributed by atoms with Crippen LogP contribution in [0.1, 0.15) is 35.8 Å². The van der Waals surface area contributed by atoms with Crippen LogP contribution in [0.3, 0.4) is 0 Å². The van der Waals surface area contributed by atoms with E-state index in [1.807, 2.05) is 6.92 Å². The molecule has 4 aromatic rings. The molecule has 0 unspecified atom stereocenters. The number of aromatic nitrogens is 3. The third kappa shape index (κ3) is 3.32. The summed E-state index contributed by atoms with van der Waals surface area (Å²) in [4.78, 5) is 45.4. The van der Waals surface area contributed by atoms with Crippen molar-refractivity contribution < 1.29 is 9.90 Å². The summed E-state index contributed by atoms with van der Waals surface area (Å²) in [5.74, 6) is -1.33. The van der Waals surface area contributed by atoms with Crippen LogP contribution in [-0.4, -0.2) is 25.7 Å². The zero-order valence-electron chi connectivity index (χ0n) is 16.3. The third-order valence-electron chi connectivity index (χ3n) is 4.93. The number of benzene rings is 2. The van der Waals surface area contributed by atoms with E-state index in [0.29, 0.717) is 34.1 Å². The number of carbonyl (C=O) groups excluding carboxylic acids is 1. The molecule has 0 fully saturated rings. The first-order valence-electron chi connectivity index (χ1n) is 9.67. The maximum Gasteiger partial charge on any atom is 0.291 e. The Morgan fingerprint density at radius 3 is 2.67 bits per heavy atom. The van der Waals surface area contributed by atoms with Crippen molar-refractivity contribution in [2.24, 2.45) is 0 Å². The number of hydrogen-bond acceptors (Lipinski definition) is 5. The average molecular weight is 404 g/mol. The van der Waals surface area contributed by atoms with E-state index in [4.69, 9.17) is 0 Å². The first-order valence-corrected chi connectivity index (χ1v) is 9.67. The number of rotatable bonds is 5. The van der Waals surface area contributed by atoms with Gasteiger partial charge in [-0.1, -0.05) is 37.6 Å². The molecule has 0 aliphatic rings. The zero-order valence-corrected chi connectivity index (χ0v) is 16.3. The number of nitrogens with zero attached hydrogens (tertiary/aromatic N) is 2. The Hall–Kier alpha value is -3.94. The topological polar surface area (TPSA) is 117 Å². The number of aromatic amines is 1. The van der Waals surface area contributed by atoms with Gasteiger partial charge in [-0.2, -0.15) is 0 Å². The molecule has 0 aliphatic heterocycles. The Kier molecular flexibility index (Phi) is 5.05. The molecule has 3 N–H and O–H groups in total. The Morgan fingerprint density at radius 1 is 1.13 bits per heavy atom. The Bertz CT molecular complexity index is 1390. The summed E-state index contributed by atoms with van der Waals surface area (Å²) in [6.45, 7) is 2.01. The van der Waals surface area contributed by atoms with Gasteiger partial charge < -0.3 is 10.1 Å². The molecule has 8 heteroatoms. The standard InChI is InChI=1S/C22H20N4O4/c1-2-3-9-16-22(30)26(17-12-7-6-11-15(17)23-16)25-21(29)18-19(27)13-8-4-5-10-14(13)24-20(18)28/h4-8,10-12H,2-3,9H2,1H3,(H,25,29)(H2,24,27,28). The minimum Gasteiger partial charge on any atom is -0.506 e. The second-order valence-electron chi connectivity index (χ2n) is 6.96. The molecule has 30 heavy (non-hydrogen) atoms. The average Bonchev–Trinajstić information content (AvgIpc) is 2.74. The molecule has 1 amide bonds. The SMILES string of the molecule is CCCCc1nc2ccccc2n(NC(=O)c2c(O)c3ccccc3[nH]c2=O)c1=O. The molecule has 0 saturated carbocycles. The summed E-state index contributed by atoms with van der Waals surface area (Å²) in [6, 6.07) is 13.5. The van der Waals surface area contributed by atoms with E-state index >= 15 is 0 Å². The van der Waals surface area contributed by atoms with Gasteiger partial charge in [0, 0.05) is 5.39 Å². The highest BCUT2D eigenvalue weighted by atomic mass is 16.3. The highest BCUT2D eigenvalue weighted by Gasteiger charge is 2.21. The maximum absolute atomic E-state index is 13.0. The zero-order chi connectivity index (χ0) is 21.3. The van der Waals surface area contributed by atoms with Crippen molar-refractivity contribution in [3.63, 3.8) is 0 Å². The summed E-state index contributed by atoms with van der Waals surface area (Å²) >= 11 is 0. The minimum atomic E-state index is -0.889. The number of H-pyrrole nitrogens is 1. The van der Waals surface area contributed by atoms with Crippen LogP contribution < -0.4 is 16.5 Å². The molecule has 152 valence electrons.